The number of benzene rings is 2. The molecule has 0 spiro atoms. The summed E-state index contributed by atoms with van der Waals surface area (Å²) in [6, 6.07) is 11.3. The van der Waals surface area contributed by atoms with Crippen molar-refractivity contribution < 1.29 is 9.21 Å². The van der Waals surface area contributed by atoms with E-state index >= 15 is 0 Å². The molecule has 0 unspecified atom stereocenters. The quantitative estimate of drug-likeness (QED) is 0.700. The number of hydrogen-bond acceptors (Lipinski definition) is 4. The molecular weight excluding hydrogens is 373 g/mol. The minimum absolute atomic E-state index is 0.0522. The average molecular weight is 390 g/mol. The zero-order chi connectivity index (χ0) is 18.3. The van der Waals surface area contributed by atoms with Crippen molar-refractivity contribution in [3.63, 3.8) is 0 Å². The third kappa shape index (κ3) is 3.37. The van der Waals surface area contributed by atoms with Gasteiger partial charge in [-0.2, -0.15) is 4.98 Å². The first kappa shape index (κ1) is 17.2. The number of hydrogen-bond donors (Lipinski definition) is 1. The lowest BCUT2D eigenvalue weighted by atomic mass is 10.1. The summed E-state index contributed by atoms with van der Waals surface area (Å²) in [7, 11) is 0. The van der Waals surface area contributed by atoms with Crippen LogP contribution in [0.15, 0.2) is 40.8 Å². The first-order valence-corrected chi connectivity index (χ1v) is 9.13. The van der Waals surface area contributed by atoms with Gasteiger partial charge in [0.1, 0.15) is 5.52 Å². The van der Waals surface area contributed by atoms with Gasteiger partial charge in [0, 0.05) is 30.2 Å². The molecule has 5 nitrogen and oxygen atoms in total. The van der Waals surface area contributed by atoms with Crippen LogP contribution in [0.1, 0.15) is 22.3 Å². The number of nitrogens with zero attached hydrogens (tertiary/aromatic N) is 2. The van der Waals surface area contributed by atoms with Crippen LogP contribution in [0.5, 0.6) is 0 Å². The zero-order valence-electron chi connectivity index (χ0n) is 14.1. The maximum absolute atomic E-state index is 12.7. The number of carbonyl (C=O) groups is 1. The highest BCUT2D eigenvalue weighted by Crippen LogP contribution is 2.25. The second-order valence-corrected chi connectivity index (χ2v) is 7.34. The van der Waals surface area contributed by atoms with Gasteiger partial charge in [0.05, 0.1) is 10.6 Å². The summed E-state index contributed by atoms with van der Waals surface area (Å²) >= 11 is 12.2. The van der Waals surface area contributed by atoms with E-state index in [9.17, 15) is 4.79 Å². The van der Waals surface area contributed by atoms with E-state index in [1.54, 1.807) is 23.1 Å². The molecule has 1 fully saturated rings. The third-order valence-corrected chi connectivity index (χ3v) is 5.06. The van der Waals surface area contributed by atoms with Crippen LogP contribution in [-0.2, 0) is 0 Å². The molecule has 2 heterocycles. The Bertz CT molecular complexity index is 986. The standard InChI is InChI=1S/C19H17Cl2N3O2/c1-11-2-4-14(15(21)8-11)18(25)24-7-6-13(10-24)22-19-23-16-5-3-12(20)9-17(16)26-19/h2-5,8-9,13H,6-7,10H2,1H3,(H,22,23)/t13-/m1/s1. The Morgan fingerprint density at radius 2 is 2.12 bits per heavy atom. The van der Waals surface area contributed by atoms with Gasteiger partial charge in [0.25, 0.3) is 11.9 Å². The van der Waals surface area contributed by atoms with Gasteiger partial charge in [0.15, 0.2) is 5.58 Å². The Balaban J connectivity index is 1.45. The normalized spacial score (nSPS) is 17.0. The van der Waals surface area contributed by atoms with Crippen LogP contribution >= 0.6 is 23.2 Å². The van der Waals surface area contributed by atoms with Crippen molar-refractivity contribution in [3.8, 4) is 0 Å². The molecule has 0 aliphatic carbocycles. The molecular formula is C19H17Cl2N3O2. The fraction of sp³-hybridized carbons (Fsp3) is 0.263. The van der Waals surface area contributed by atoms with Crippen molar-refractivity contribution in [3.05, 3.63) is 57.6 Å². The predicted molar refractivity (Wildman–Crippen MR) is 103 cm³/mol. The summed E-state index contributed by atoms with van der Waals surface area (Å²) in [5, 5.41) is 4.35. The van der Waals surface area contributed by atoms with Crippen molar-refractivity contribution in [2.75, 3.05) is 18.4 Å². The number of amides is 1. The van der Waals surface area contributed by atoms with Crippen LogP contribution in [0.3, 0.4) is 0 Å². The molecule has 4 rings (SSSR count). The molecule has 1 amide bonds. The van der Waals surface area contributed by atoms with Gasteiger partial charge < -0.3 is 14.6 Å². The van der Waals surface area contributed by atoms with Crippen LogP contribution in [-0.4, -0.2) is 34.9 Å². The third-order valence-electron chi connectivity index (χ3n) is 4.51. The maximum Gasteiger partial charge on any atom is 0.295 e. The average Bonchev–Trinajstić information content (AvgIpc) is 3.20. The smallest absolute Gasteiger partial charge is 0.295 e. The second kappa shape index (κ2) is 6.82. The van der Waals surface area contributed by atoms with Crippen molar-refractivity contribution in [1.82, 2.24) is 9.88 Å². The fourth-order valence-corrected chi connectivity index (χ4v) is 3.64. The maximum atomic E-state index is 12.7. The van der Waals surface area contributed by atoms with Gasteiger partial charge in [0.2, 0.25) is 0 Å². The van der Waals surface area contributed by atoms with Gasteiger partial charge >= 0.3 is 0 Å². The predicted octanol–water partition coefficient (Wildman–Crippen LogP) is 4.77. The van der Waals surface area contributed by atoms with Crippen molar-refractivity contribution in [2.45, 2.75) is 19.4 Å². The molecule has 1 aliphatic rings. The number of rotatable bonds is 3. The molecule has 7 heteroatoms. The van der Waals surface area contributed by atoms with E-state index in [0.717, 1.165) is 17.5 Å². The van der Waals surface area contributed by atoms with Gasteiger partial charge in [-0.1, -0.05) is 29.3 Å². The minimum Gasteiger partial charge on any atom is -0.423 e. The van der Waals surface area contributed by atoms with E-state index in [0.29, 0.717) is 40.3 Å². The van der Waals surface area contributed by atoms with Gasteiger partial charge in [-0.15, -0.1) is 0 Å². The Hall–Kier alpha value is -2.24. The van der Waals surface area contributed by atoms with Gasteiger partial charge in [-0.3, -0.25) is 4.79 Å². The summed E-state index contributed by atoms with van der Waals surface area (Å²) in [4.78, 5) is 18.9. The van der Waals surface area contributed by atoms with Crippen LogP contribution in [0.4, 0.5) is 6.01 Å². The summed E-state index contributed by atoms with van der Waals surface area (Å²) in [6.07, 6.45) is 0.814. The number of aryl methyl sites for hydroxylation is 1. The highest BCUT2D eigenvalue weighted by Gasteiger charge is 2.28. The number of anilines is 1. The van der Waals surface area contributed by atoms with E-state index in [1.807, 2.05) is 25.1 Å². The first-order valence-electron chi connectivity index (χ1n) is 8.37. The van der Waals surface area contributed by atoms with Crippen molar-refractivity contribution >= 4 is 46.2 Å². The monoisotopic (exact) mass is 389 g/mol. The van der Waals surface area contributed by atoms with Crippen molar-refractivity contribution in [2.24, 2.45) is 0 Å². The molecule has 1 atom stereocenters. The molecule has 1 saturated heterocycles. The van der Waals surface area contributed by atoms with Crippen LogP contribution < -0.4 is 5.32 Å². The van der Waals surface area contributed by atoms with E-state index in [2.05, 4.69) is 10.3 Å². The lowest BCUT2D eigenvalue weighted by Gasteiger charge is -2.17. The van der Waals surface area contributed by atoms with Crippen molar-refractivity contribution in [1.29, 1.82) is 0 Å². The molecule has 1 N–H and O–H groups in total. The molecule has 0 radical (unpaired) electrons. The Morgan fingerprint density at radius 3 is 2.92 bits per heavy atom. The number of oxazole rings is 1. The lowest BCUT2D eigenvalue weighted by Crippen LogP contribution is -2.31. The van der Waals surface area contributed by atoms with Crippen LogP contribution in [0.2, 0.25) is 10.0 Å². The van der Waals surface area contributed by atoms with E-state index in [4.69, 9.17) is 27.6 Å². The Labute approximate surface area is 160 Å². The Morgan fingerprint density at radius 1 is 1.27 bits per heavy atom. The molecule has 0 bridgehead atoms. The topological polar surface area (TPSA) is 58.4 Å². The van der Waals surface area contributed by atoms with Gasteiger partial charge in [-0.05, 0) is 43.2 Å². The summed E-state index contributed by atoms with van der Waals surface area (Å²) in [5.74, 6) is -0.0522. The van der Waals surface area contributed by atoms with Crippen LogP contribution in [0.25, 0.3) is 11.1 Å². The van der Waals surface area contributed by atoms with Gasteiger partial charge in [-0.25, -0.2) is 0 Å². The van der Waals surface area contributed by atoms with E-state index in [-0.39, 0.29) is 11.9 Å². The van der Waals surface area contributed by atoms with E-state index < -0.39 is 0 Å². The molecule has 1 aromatic heterocycles. The lowest BCUT2D eigenvalue weighted by molar-refractivity contribution is 0.0791. The number of nitrogens with one attached hydrogen (secondary N) is 1. The summed E-state index contributed by atoms with van der Waals surface area (Å²) in [6.45, 7) is 3.18. The number of carbonyl (C=O) groups excluding carboxylic acids is 1. The molecule has 2 aromatic carbocycles. The van der Waals surface area contributed by atoms with Crippen LogP contribution in [0, 0.1) is 6.92 Å². The summed E-state index contributed by atoms with van der Waals surface area (Å²) < 4.78 is 5.69. The Kier molecular flexibility index (Phi) is 4.51. The molecule has 26 heavy (non-hydrogen) atoms. The first-order chi connectivity index (χ1) is 12.5. The molecule has 3 aromatic rings. The zero-order valence-corrected chi connectivity index (χ0v) is 15.6. The number of aromatic nitrogens is 1. The van der Waals surface area contributed by atoms with E-state index in [1.165, 1.54) is 0 Å². The minimum atomic E-state index is -0.0522. The highest BCUT2D eigenvalue weighted by atomic mass is 35.5. The second-order valence-electron chi connectivity index (χ2n) is 6.50. The summed E-state index contributed by atoms with van der Waals surface area (Å²) in [5.41, 5.74) is 2.95. The molecule has 1 aliphatic heterocycles. The number of fused-ring (bicyclic) bond motifs is 1. The number of halogens is 2. The molecule has 134 valence electrons. The highest BCUT2D eigenvalue weighted by molar-refractivity contribution is 6.34. The fourth-order valence-electron chi connectivity index (χ4n) is 3.16. The SMILES string of the molecule is Cc1ccc(C(=O)N2CC[C@@H](Nc3nc4ccc(Cl)cc4o3)C2)c(Cl)c1. The molecule has 0 saturated carbocycles. The largest absolute Gasteiger partial charge is 0.423 e. The number of likely N-dealkylation sites (tertiary alicyclic amines) is 1.